The number of primary amides is 2. The number of amides is 8. The third-order valence-electron chi connectivity index (χ3n) is 7.50. The highest BCUT2D eigenvalue weighted by molar-refractivity contribution is 5.97. The van der Waals surface area contributed by atoms with Crippen LogP contribution < -0.4 is 43.4 Å². The molecule has 258 valence electrons. The van der Waals surface area contributed by atoms with Crippen molar-refractivity contribution in [3.05, 3.63) is 29.8 Å². The summed E-state index contributed by atoms with van der Waals surface area (Å²) in [5.41, 5.74) is 11.1. The van der Waals surface area contributed by atoms with Crippen LogP contribution in [0.4, 0.5) is 0 Å². The topological polar surface area (TPSA) is 281 Å². The van der Waals surface area contributed by atoms with Gasteiger partial charge in [-0.3, -0.25) is 38.4 Å². The lowest BCUT2D eigenvalue weighted by Crippen LogP contribution is -2.60. The van der Waals surface area contributed by atoms with Crippen molar-refractivity contribution in [3.8, 4) is 5.75 Å². The number of hydrogen-bond donors (Lipinski definition) is 9. The maximum atomic E-state index is 13.6. The van der Waals surface area contributed by atoms with Crippen LogP contribution in [0, 0.1) is 5.92 Å². The average Bonchev–Trinajstić information content (AvgIpc) is 3.01. The van der Waals surface area contributed by atoms with E-state index in [0.717, 1.165) is 0 Å². The van der Waals surface area contributed by atoms with Gasteiger partial charge in [0, 0.05) is 25.8 Å². The number of carbonyl (C=O) groups excluding carboxylic acids is 8. The molecule has 2 rings (SSSR count). The Morgan fingerprint density at radius 3 is 2.06 bits per heavy atom. The number of phenolic OH excluding ortho intramolecular Hbond substituents is 1. The molecule has 0 spiro atoms. The summed E-state index contributed by atoms with van der Waals surface area (Å²) in [6, 6.07) is 0.620. The Morgan fingerprint density at radius 1 is 0.809 bits per heavy atom. The van der Waals surface area contributed by atoms with E-state index in [-0.39, 0.29) is 44.4 Å². The summed E-state index contributed by atoms with van der Waals surface area (Å²) < 4.78 is 0. The van der Waals surface area contributed by atoms with Gasteiger partial charge in [-0.2, -0.15) is 0 Å². The van der Waals surface area contributed by atoms with Gasteiger partial charge < -0.3 is 48.5 Å². The van der Waals surface area contributed by atoms with Crippen LogP contribution in [-0.4, -0.2) is 89.6 Å². The fraction of sp³-hybridized carbons (Fsp3) is 0.533. The minimum absolute atomic E-state index is 0.00916. The Hall–Kier alpha value is -5.22. The van der Waals surface area contributed by atoms with Gasteiger partial charge in [0.05, 0.1) is 13.0 Å². The summed E-state index contributed by atoms with van der Waals surface area (Å²) in [5.74, 6) is -6.63. The van der Waals surface area contributed by atoms with Gasteiger partial charge in [-0.05, 0) is 36.5 Å². The predicted molar refractivity (Wildman–Crippen MR) is 166 cm³/mol. The van der Waals surface area contributed by atoms with Crippen molar-refractivity contribution in [2.75, 3.05) is 13.1 Å². The quantitative estimate of drug-likeness (QED) is 0.131. The van der Waals surface area contributed by atoms with Gasteiger partial charge in [-0.1, -0.05) is 32.4 Å². The van der Waals surface area contributed by atoms with E-state index >= 15 is 0 Å². The van der Waals surface area contributed by atoms with E-state index in [1.165, 1.54) is 12.1 Å². The summed E-state index contributed by atoms with van der Waals surface area (Å²) in [4.78, 5) is 102. The molecule has 1 fully saturated rings. The van der Waals surface area contributed by atoms with Crippen molar-refractivity contribution in [3.63, 3.8) is 0 Å². The molecule has 8 amide bonds. The van der Waals surface area contributed by atoms with Crippen LogP contribution in [0.1, 0.15) is 57.9 Å². The van der Waals surface area contributed by atoms with E-state index < -0.39 is 90.3 Å². The molecular formula is C30H44N8O9. The lowest BCUT2D eigenvalue weighted by Gasteiger charge is -2.29. The fourth-order valence-corrected chi connectivity index (χ4v) is 4.63. The molecule has 1 aliphatic rings. The lowest BCUT2D eigenvalue weighted by atomic mass is 9.96. The van der Waals surface area contributed by atoms with E-state index in [9.17, 15) is 43.5 Å². The van der Waals surface area contributed by atoms with E-state index in [0.29, 0.717) is 12.0 Å². The van der Waals surface area contributed by atoms with Crippen LogP contribution >= 0.6 is 0 Å². The zero-order valence-electron chi connectivity index (χ0n) is 26.4. The molecule has 47 heavy (non-hydrogen) atoms. The molecule has 11 N–H and O–H groups in total. The number of nitrogens with one attached hydrogen (secondary N) is 6. The Kier molecular flexibility index (Phi) is 15.1. The van der Waals surface area contributed by atoms with Gasteiger partial charge in [0.2, 0.25) is 47.3 Å². The molecule has 0 bridgehead atoms. The van der Waals surface area contributed by atoms with Crippen LogP contribution in [0.25, 0.3) is 0 Å². The normalized spacial score (nSPS) is 23.1. The van der Waals surface area contributed by atoms with Gasteiger partial charge in [0.15, 0.2) is 0 Å². The first kappa shape index (κ1) is 38.0. The Bertz CT molecular complexity index is 1320. The summed E-state index contributed by atoms with van der Waals surface area (Å²) in [5, 5.41) is 24.7. The first-order chi connectivity index (χ1) is 22.2. The van der Waals surface area contributed by atoms with Crippen LogP contribution in [0.5, 0.6) is 5.75 Å². The Morgan fingerprint density at radius 2 is 1.45 bits per heavy atom. The van der Waals surface area contributed by atoms with Gasteiger partial charge in [0.25, 0.3) is 0 Å². The summed E-state index contributed by atoms with van der Waals surface area (Å²) in [6.07, 6.45) is -0.769. The van der Waals surface area contributed by atoms with Gasteiger partial charge in [-0.15, -0.1) is 0 Å². The number of carbonyl (C=O) groups is 8. The second-order valence-electron chi connectivity index (χ2n) is 11.3. The molecule has 1 aliphatic heterocycles. The molecule has 0 aromatic heterocycles. The van der Waals surface area contributed by atoms with Crippen molar-refractivity contribution >= 4 is 47.3 Å². The zero-order chi connectivity index (χ0) is 35.1. The third kappa shape index (κ3) is 13.3. The smallest absolute Gasteiger partial charge is 0.243 e. The Balaban J connectivity index is 2.46. The SMILES string of the molecule is CCC(C)C1NC(=O)C(Cc2ccc(O)cc2)NC(=O)CNC(=O)CCCNC(=O)C(CC(N)=O)NC(=O)C(CCC(N)=O)NC1=O. The second kappa shape index (κ2) is 18.7. The number of nitrogens with two attached hydrogens (primary N) is 2. The van der Waals surface area contributed by atoms with Crippen molar-refractivity contribution in [2.45, 2.75) is 83.0 Å². The maximum absolute atomic E-state index is 13.6. The second-order valence-corrected chi connectivity index (χ2v) is 11.3. The first-order valence-electron chi connectivity index (χ1n) is 15.3. The number of benzene rings is 1. The summed E-state index contributed by atoms with van der Waals surface area (Å²) in [7, 11) is 0. The number of aromatic hydroxyl groups is 1. The minimum atomic E-state index is -1.44. The molecular weight excluding hydrogens is 616 g/mol. The van der Waals surface area contributed by atoms with Crippen molar-refractivity contribution < 1.29 is 43.5 Å². The third-order valence-corrected chi connectivity index (χ3v) is 7.50. The molecule has 0 saturated carbocycles. The number of hydrogen-bond acceptors (Lipinski definition) is 9. The first-order valence-corrected chi connectivity index (χ1v) is 15.3. The molecule has 1 saturated heterocycles. The monoisotopic (exact) mass is 660 g/mol. The minimum Gasteiger partial charge on any atom is -0.508 e. The van der Waals surface area contributed by atoms with Crippen molar-refractivity contribution in [2.24, 2.45) is 17.4 Å². The van der Waals surface area contributed by atoms with Gasteiger partial charge in [0.1, 0.15) is 29.9 Å². The van der Waals surface area contributed by atoms with Crippen LogP contribution in [-0.2, 0) is 44.8 Å². The lowest BCUT2D eigenvalue weighted by molar-refractivity contribution is -0.136. The van der Waals surface area contributed by atoms with Crippen molar-refractivity contribution in [1.29, 1.82) is 0 Å². The molecule has 0 aliphatic carbocycles. The molecule has 17 nitrogen and oxygen atoms in total. The van der Waals surface area contributed by atoms with Gasteiger partial charge in [-0.25, -0.2) is 0 Å². The molecule has 1 aromatic rings. The van der Waals surface area contributed by atoms with Crippen molar-refractivity contribution in [1.82, 2.24) is 31.9 Å². The van der Waals surface area contributed by atoms with Crippen LogP contribution in [0.3, 0.4) is 0 Å². The highest BCUT2D eigenvalue weighted by atomic mass is 16.3. The van der Waals surface area contributed by atoms with Crippen LogP contribution in [0.2, 0.25) is 0 Å². The largest absolute Gasteiger partial charge is 0.508 e. The molecule has 17 heteroatoms. The van der Waals surface area contributed by atoms with E-state index in [4.69, 9.17) is 11.5 Å². The van der Waals surface area contributed by atoms with Gasteiger partial charge >= 0.3 is 0 Å². The van der Waals surface area contributed by atoms with E-state index in [1.807, 2.05) is 0 Å². The highest BCUT2D eigenvalue weighted by Gasteiger charge is 2.34. The fourth-order valence-electron chi connectivity index (χ4n) is 4.63. The zero-order valence-corrected chi connectivity index (χ0v) is 26.4. The van der Waals surface area contributed by atoms with E-state index in [2.05, 4.69) is 31.9 Å². The molecule has 5 atom stereocenters. The molecule has 1 aromatic carbocycles. The standard InChI is InChI=1S/C30H44N8O9/c1-3-16(2)26-30(47)36-19(10-11-22(31)40)28(45)37-21(14-23(32)41)27(44)33-12-4-5-24(42)34-15-25(43)35-20(29(46)38-26)13-17-6-8-18(39)9-7-17/h6-9,16,19-21,26,39H,3-5,10-15H2,1-2H3,(H2,31,40)(H2,32,41)(H,33,44)(H,34,42)(H,35,43)(H,36,47)(H,37,45)(H,38,46). The summed E-state index contributed by atoms with van der Waals surface area (Å²) in [6.45, 7) is 2.95. The molecule has 1 heterocycles. The molecule has 5 unspecified atom stereocenters. The molecule has 0 radical (unpaired) electrons. The average molecular weight is 661 g/mol. The highest BCUT2D eigenvalue weighted by Crippen LogP contribution is 2.14. The predicted octanol–water partition coefficient (Wildman–Crippen LogP) is -2.91. The van der Waals surface area contributed by atoms with Crippen LogP contribution in [0.15, 0.2) is 24.3 Å². The van der Waals surface area contributed by atoms with E-state index in [1.54, 1.807) is 26.0 Å². The maximum Gasteiger partial charge on any atom is 0.243 e. The number of phenols is 1. The number of rotatable bonds is 9. The summed E-state index contributed by atoms with van der Waals surface area (Å²) >= 11 is 0. The Labute approximate surface area is 271 Å².